The molecular weight excluding hydrogens is 304 g/mol. The second-order valence-electron chi connectivity index (χ2n) is 6.72. The number of carbonyl (C=O) groups is 1. The monoisotopic (exact) mass is 324 g/mol. The lowest BCUT2D eigenvalue weighted by molar-refractivity contribution is -0.125. The summed E-state index contributed by atoms with van der Waals surface area (Å²) in [7, 11) is 1.82. The van der Waals surface area contributed by atoms with E-state index in [0.717, 1.165) is 35.9 Å². The number of likely N-dealkylation sites (N-methyl/N-ethyl adjacent to an activating group) is 1. The third kappa shape index (κ3) is 1.81. The average molecular weight is 324 g/mol. The van der Waals surface area contributed by atoms with E-state index in [1.54, 1.807) is 4.90 Å². The maximum Gasteiger partial charge on any atom is 0.263 e. The van der Waals surface area contributed by atoms with Gasteiger partial charge in [-0.15, -0.1) is 0 Å². The molecule has 1 aliphatic carbocycles. The first-order valence-electron chi connectivity index (χ1n) is 8.46. The Morgan fingerprint density at radius 3 is 2.92 bits per heavy atom. The summed E-state index contributed by atoms with van der Waals surface area (Å²) in [6, 6.07) is 10.6. The van der Waals surface area contributed by atoms with Gasteiger partial charge in [0.15, 0.2) is 0 Å². The van der Waals surface area contributed by atoms with Crippen LogP contribution in [0, 0.1) is 0 Å². The van der Waals surface area contributed by atoms with Gasteiger partial charge in [0.25, 0.3) is 5.91 Å². The van der Waals surface area contributed by atoms with Crippen LogP contribution in [0.3, 0.4) is 0 Å². The Hall–Kier alpha value is -2.54. The quantitative estimate of drug-likeness (QED) is 0.751. The molecule has 1 saturated heterocycles. The highest BCUT2D eigenvalue weighted by Crippen LogP contribution is 2.38. The summed E-state index contributed by atoms with van der Waals surface area (Å²) in [6.07, 6.45) is 3.29. The molecule has 4 aliphatic rings. The van der Waals surface area contributed by atoms with E-state index in [4.69, 9.17) is 4.99 Å². The standard InChI is InChI=1S/C17H20N6O/c1-22-16(24)13-14(18-10-6-3-2-4-7-10)20-21-15(13)23-12-9-5-8-11(12)19-17(22)23/h2-4,6-7,11-12,15,18,20-21H,5,8-9H2,1H3/t11-,12+,15?/m1/s1. The molecule has 0 spiro atoms. The van der Waals surface area contributed by atoms with Crippen LogP contribution in [0.4, 0.5) is 5.69 Å². The molecule has 3 N–H and O–H groups in total. The van der Waals surface area contributed by atoms with E-state index < -0.39 is 0 Å². The Labute approximate surface area is 140 Å². The van der Waals surface area contributed by atoms with Gasteiger partial charge in [-0.05, 0) is 31.4 Å². The molecule has 0 radical (unpaired) electrons. The first-order chi connectivity index (χ1) is 11.7. The molecule has 1 aromatic carbocycles. The SMILES string of the molecule is CN1C(=O)C2=C(Nc3ccccc3)NNC2N2C1=N[C@@H]1CCC[C@@H]12. The zero-order chi connectivity index (χ0) is 16.3. The molecule has 1 unspecified atom stereocenters. The van der Waals surface area contributed by atoms with E-state index in [1.165, 1.54) is 6.42 Å². The van der Waals surface area contributed by atoms with E-state index in [9.17, 15) is 4.79 Å². The third-order valence-electron chi connectivity index (χ3n) is 5.35. The van der Waals surface area contributed by atoms with Gasteiger partial charge in [0.2, 0.25) is 5.96 Å². The number of amides is 1. The fourth-order valence-corrected chi connectivity index (χ4v) is 4.21. The van der Waals surface area contributed by atoms with Gasteiger partial charge in [-0.2, -0.15) is 0 Å². The highest BCUT2D eigenvalue weighted by molar-refractivity contribution is 6.10. The number of nitrogens with one attached hydrogen (secondary N) is 3. The fourth-order valence-electron chi connectivity index (χ4n) is 4.21. The van der Waals surface area contributed by atoms with Crippen LogP contribution in [0.2, 0.25) is 0 Å². The third-order valence-corrected chi connectivity index (χ3v) is 5.35. The molecule has 24 heavy (non-hydrogen) atoms. The van der Waals surface area contributed by atoms with Crippen molar-refractivity contribution >= 4 is 17.6 Å². The molecular formula is C17H20N6O. The summed E-state index contributed by atoms with van der Waals surface area (Å²) in [6.45, 7) is 0. The predicted octanol–water partition coefficient (Wildman–Crippen LogP) is 0.809. The van der Waals surface area contributed by atoms with Gasteiger partial charge in [0.05, 0.1) is 17.7 Å². The normalized spacial score (nSPS) is 30.8. The molecule has 3 atom stereocenters. The van der Waals surface area contributed by atoms with Gasteiger partial charge in [-0.1, -0.05) is 18.2 Å². The fraction of sp³-hybridized carbons (Fsp3) is 0.412. The molecule has 1 amide bonds. The Morgan fingerprint density at radius 2 is 2.08 bits per heavy atom. The first-order valence-corrected chi connectivity index (χ1v) is 8.46. The van der Waals surface area contributed by atoms with E-state index in [0.29, 0.717) is 12.1 Å². The zero-order valence-corrected chi connectivity index (χ0v) is 13.5. The summed E-state index contributed by atoms with van der Waals surface area (Å²) < 4.78 is 0. The number of carbonyl (C=O) groups excluding carboxylic acids is 1. The van der Waals surface area contributed by atoms with Gasteiger partial charge in [0, 0.05) is 12.7 Å². The number of benzene rings is 1. The van der Waals surface area contributed by atoms with Crippen molar-refractivity contribution in [1.29, 1.82) is 0 Å². The first kappa shape index (κ1) is 13.9. The summed E-state index contributed by atoms with van der Waals surface area (Å²) in [5, 5.41) is 3.32. The van der Waals surface area contributed by atoms with Gasteiger partial charge in [-0.3, -0.25) is 9.69 Å². The van der Waals surface area contributed by atoms with Crippen LogP contribution in [-0.2, 0) is 4.79 Å². The Bertz CT molecular complexity index is 758. The molecule has 1 aromatic rings. The summed E-state index contributed by atoms with van der Waals surface area (Å²) in [4.78, 5) is 21.7. The number of nitrogens with zero attached hydrogens (tertiary/aromatic N) is 3. The topological polar surface area (TPSA) is 72.0 Å². The van der Waals surface area contributed by atoms with Crippen molar-refractivity contribution in [3.05, 3.63) is 41.7 Å². The number of para-hydroxylation sites is 1. The van der Waals surface area contributed by atoms with Crippen LogP contribution in [0.15, 0.2) is 46.7 Å². The highest BCUT2D eigenvalue weighted by Gasteiger charge is 2.52. The lowest BCUT2D eigenvalue weighted by Gasteiger charge is -2.40. The maximum absolute atomic E-state index is 12.9. The minimum Gasteiger partial charge on any atom is -0.341 e. The number of fused-ring (bicyclic) bond motifs is 5. The van der Waals surface area contributed by atoms with Gasteiger partial charge >= 0.3 is 0 Å². The van der Waals surface area contributed by atoms with Crippen molar-refractivity contribution in [3.8, 4) is 0 Å². The summed E-state index contributed by atoms with van der Waals surface area (Å²) in [5.74, 6) is 1.52. The Balaban J connectivity index is 1.53. The van der Waals surface area contributed by atoms with Crippen LogP contribution < -0.4 is 16.2 Å². The van der Waals surface area contributed by atoms with E-state index >= 15 is 0 Å². The molecule has 2 fully saturated rings. The largest absolute Gasteiger partial charge is 0.341 e. The van der Waals surface area contributed by atoms with Gasteiger partial charge < -0.3 is 15.6 Å². The molecule has 1 saturated carbocycles. The van der Waals surface area contributed by atoms with Gasteiger partial charge in [-0.25, -0.2) is 10.4 Å². The lowest BCUT2D eigenvalue weighted by Crippen LogP contribution is -2.62. The number of rotatable bonds is 2. The number of aliphatic imine (C=N–C) groups is 1. The summed E-state index contributed by atoms with van der Waals surface area (Å²) in [5.41, 5.74) is 8.12. The minimum absolute atomic E-state index is 0.00842. The van der Waals surface area contributed by atoms with Crippen LogP contribution in [-0.4, -0.2) is 47.0 Å². The number of hydrogen-bond donors (Lipinski definition) is 3. The number of hydrazine groups is 1. The molecule has 124 valence electrons. The van der Waals surface area contributed by atoms with Crippen molar-refractivity contribution in [2.24, 2.45) is 4.99 Å². The minimum atomic E-state index is -0.160. The Kier molecular flexibility index (Phi) is 2.87. The average Bonchev–Trinajstić information content (AvgIpc) is 3.27. The van der Waals surface area contributed by atoms with E-state index in [-0.39, 0.29) is 12.1 Å². The molecule has 7 heteroatoms. The zero-order valence-electron chi connectivity index (χ0n) is 13.5. The number of anilines is 1. The van der Waals surface area contributed by atoms with E-state index in [2.05, 4.69) is 21.1 Å². The highest BCUT2D eigenvalue weighted by atomic mass is 16.2. The van der Waals surface area contributed by atoms with Gasteiger partial charge in [0.1, 0.15) is 12.0 Å². The number of hydrogen-bond acceptors (Lipinski definition) is 6. The lowest BCUT2D eigenvalue weighted by atomic mass is 10.1. The molecule has 0 bridgehead atoms. The van der Waals surface area contributed by atoms with Crippen LogP contribution >= 0.6 is 0 Å². The van der Waals surface area contributed by atoms with Crippen molar-refractivity contribution in [3.63, 3.8) is 0 Å². The van der Waals surface area contributed by atoms with Crippen molar-refractivity contribution < 1.29 is 4.79 Å². The predicted molar refractivity (Wildman–Crippen MR) is 90.6 cm³/mol. The van der Waals surface area contributed by atoms with E-state index in [1.807, 2.05) is 37.4 Å². The second-order valence-corrected chi connectivity index (χ2v) is 6.72. The van der Waals surface area contributed by atoms with Crippen molar-refractivity contribution in [1.82, 2.24) is 20.7 Å². The van der Waals surface area contributed by atoms with Crippen LogP contribution in [0.1, 0.15) is 19.3 Å². The molecule has 3 aliphatic heterocycles. The molecule has 7 nitrogen and oxygen atoms in total. The van der Waals surface area contributed by atoms with Crippen LogP contribution in [0.5, 0.6) is 0 Å². The second kappa shape index (κ2) is 4.98. The number of guanidine groups is 1. The van der Waals surface area contributed by atoms with Crippen molar-refractivity contribution in [2.45, 2.75) is 37.5 Å². The van der Waals surface area contributed by atoms with Crippen LogP contribution in [0.25, 0.3) is 0 Å². The summed E-state index contributed by atoms with van der Waals surface area (Å²) >= 11 is 0. The maximum atomic E-state index is 12.9. The molecule has 5 rings (SSSR count). The smallest absolute Gasteiger partial charge is 0.263 e. The molecule has 3 heterocycles. The van der Waals surface area contributed by atoms with Crippen molar-refractivity contribution in [2.75, 3.05) is 12.4 Å². The Morgan fingerprint density at radius 1 is 1.25 bits per heavy atom. The molecule has 0 aromatic heterocycles.